The van der Waals surface area contributed by atoms with Gasteiger partial charge in [-0.15, -0.1) is 0 Å². The number of nitrogens with one attached hydrogen (secondary N) is 1. The van der Waals surface area contributed by atoms with Crippen molar-refractivity contribution in [3.63, 3.8) is 0 Å². The minimum Gasteiger partial charge on any atom is -0.339 e. The summed E-state index contributed by atoms with van der Waals surface area (Å²) >= 11 is 0. The van der Waals surface area contributed by atoms with E-state index in [4.69, 9.17) is 0 Å². The summed E-state index contributed by atoms with van der Waals surface area (Å²) in [4.78, 5) is 38.7. The summed E-state index contributed by atoms with van der Waals surface area (Å²) in [6.07, 6.45) is 6.86. The maximum Gasteiger partial charge on any atom is 0.318 e. The first-order chi connectivity index (χ1) is 18.0. The van der Waals surface area contributed by atoms with Crippen LogP contribution in [-0.2, 0) is 19.6 Å². The quantitative estimate of drug-likeness (QED) is 0.681. The van der Waals surface area contributed by atoms with Crippen LogP contribution < -0.4 is 5.32 Å². The molecule has 1 N–H and O–H groups in total. The van der Waals surface area contributed by atoms with Crippen molar-refractivity contribution in [3.8, 4) is 0 Å². The molecule has 3 aliphatic heterocycles. The molecule has 0 radical (unpaired) electrons. The highest BCUT2D eigenvalue weighted by atomic mass is 16.2. The second-order valence-corrected chi connectivity index (χ2v) is 11.5. The molecule has 1 spiro atoms. The van der Waals surface area contributed by atoms with E-state index >= 15 is 0 Å². The van der Waals surface area contributed by atoms with Gasteiger partial charge in [-0.1, -0.05) is 12.1 Å². The first-order valence-electron chi connectivity index (χ1n) is 13.7. The molecule has 4 aliphatic rings. The van der Waals surface area contributed by atoms with Crippen LogP contribution in [0.25, 0.3) is 0 Å². The van der Waals surface area contributed by atoms with Crippen molar-refractivity contribution in [1.82, 2.24) is 29.9 Å². The molecule has 1 saturated carbocycles. The van der Waals surface area contributed by atoms with Crippen LogP contribution in [0.3, 0.4) is 0 Å². The highest BCUT2D eigenvalue weighted by Gasteiger charge is 2.54. The van der Waals surface area contributed by atoms with Crippen LogP contribution in [0.1, 0.15) is 46.3 Å². The average molecular weight is 503 g/mol. The Labute approximate surface area is 219 Å². The zero-order valence-corrected chi connectivity index (χ0v) is 21.9. The smallest absolute Gasteiger partial charge is 0.318 e. The maximum absolute atomic E-state index is 13.1. The summed E-state index contributed by atoms with van der Waals surface area (Å²) in [6.45, 7) is 9.02. The molecule has 196 valence electrons. The van der Waals surface area contributed by atoms with Gasteiger partial charge in [0.25, 0.3) is 5.91 Å². The molecule has 8 nitrogen and oxygen atoms in total. The number of hydrogen-bond acceptors (Lipinski definition) is 5. The van der Waals surface area contributed by atoms with Crippen molar-refractivity contribution in [3.05, 3.63) is 65.0 Å². The zero-order chi connectivity index (χ0) is 25.4. The SMILES string of the molecule is CN1CCN(Cc2ccc(C(=O)N3CCC4(CC3)CC4CNC(=O)N3Cc4ccncc4C3)cc2)CC1. The number of aromatic nitrogens is 1. The van der Waals surface area contributed by atoms with Crippen molar-refractivity contribution in [2.75, 3.05) is 52.9 Å². The third-order valence-corrected chi connectivity index (χ3v) is 9.12. The number of piperazine rings is 1. The number of likely N-dealkylation sites (tertiary alicyclic amines) is 1. The van der Waals surface area contributed by atoms with Gasteiger partial charge in [0.05, 0.1) is 0 Å². The molecule has 6 rings (SSSR count). The normalized spacial score (nSPS) is 23.2. The highest BCUT2D eigenvalue weighted by Crippen LogP contribution is 2.59. The summed E-state index contributed by atoms with van der Waals surface area (Å²) in [5, 5.41) is 3.17. The molecule has 3 fully saturated rings. The molecule has 1 aromatic heterocycles. The van der Waals surface area contributed by atoms with Crippen LogP contribution in [0.5, 0.6) is 0 Å². The molecule has 3 amide bonds. The Morgan fingerprint density at radius 2 is 1.68 bits per heavy atom. The second kappa shape index (κ2) is 10.1. The summed E-state index contributed by atoms with van der Waals surface area (Å²) in [5.41, 5.74) is 4.70. The number of rotatable bonds is 5. The van der Waals surface area contributed by atoms with Crippen LogP contribution >= 0.6 is 0 Å². The van der Waals surface area contributed by atoms with Gasteiger partial charge in [0.2, 0.25) is 0 Å². The minimum absolute atomic E-state index is 0.0157. The predicted octanol–water partition coefficient (Wildman–Crippen LogP) is 2.80. The molecule has 37 heavy (non-hydrogen) atoms. The molecule has 2 aromatic rings. The third-order valence-electron chi connectivity index (χ3n) is 9.12. The molecule has 1 aromatic carbocycles. The number of fused-ring (bicyclic) bond motifs is 1. The molecule has 8 heteroatoms. The van der Waals surface area contributed by atoms with E-state index in [-0.39, 0.29) is 11.9 Å². The molecule has 1 unspecified atom stereocenters. The summed E-state index contributed by atoms with van der Waals surface area (Å²) in [7, 11) is 2.18. The average Bonchev–Trinajstić information content (AvgIpc) is 3.39. The van der Waals surface area contributed by atoms with Crippen LogP contribution in [0, 0.1) is 11.3 Å². The largest absolute Gasteiger partial charge is 0.339 e. The van der Waals surface area contributed by atoms with Gasteiger partial charge in [0.1, 0.15) is 0 Å². The van der Waals surface area contributed by atoms with Crippen LogP contribution in [0.4, 0.5) is 4.79 Å². The maximum atomic E-state index is 13.1. The number of pyridine rings is 1. The van der Waals surface area contributed by atoms with Crippen molar-refractivity contribution >= 4 is 11.9 Å². The number of carbonyl (C=O) groups is 2. The van der Waals surface area contributed by atoms with Gasteiger partial charge in [0.15, 0.2) is 0 Å². The Kier molecular flexibility index (Phi) is 6.63. The lowest BCUT2D eigenvalue weighted by molar-refractivity contribution is 0.0669. The number of hydrogen-bond donors (Lipinski definition) is 1. The lowest BCUT2D eigenvalue weighted by atomic mass is 9.90. The molecular formula is C29H38N6O2. The molecule has 4 heterocycles. The summed E-state index contributed by atoms with van der Waals surface area (Å²) in [5.74, 6) is 0.670. The number of likely N-dealkylation sites (N-methyl/N-ethyl adjacent to an activating group) is 1. The Morgan fingerprint density at radius 3 is 2.41 bits per heavy atom. The lowest BCUT2D eigenvalue weighted by Crippen LogP contribution is -2.43. The fourth-order valence-electron chi connectivity index (χ4n) is 6.37. The highest BCUT2D eigenvalue weighted by molar-refractivity contribution is 5.94. The number of piperidine rings is 1. The first kappa shape index (κ1) is 24.4. The second-order valence-electron chi connectivity index (χ2n) is 11.5. The van der Waals surface area contributed by atoms with Crippen LogP contribution in [0.15, 0.2) is 42.7 Å². The zero-order valence-electron chi connectivity index (χ0n) is 21.9. The van der Waals surface area contributed by atoms with Crippen molar-refractivity contribution in [2.24, 2.45) is 11.3 Å². The van der Waals surface area contributed by atoms with E-state index < -0.39 is 0 Å². The minimum atomic E-state index is 0.0157. The van der Waals surface area contributed by atoms with Crippen LogP contribution in [0.2, 0.25) is 0 Å². The van der Waals surface area contributed by atoms with Crippen molar-refractivity contribution in [1.29, 1.82) is 0 Å². The Bertz CT molecular complexity index is 1110. The number of urea groups is 1. The van der Waals surface area contributed by atoms with Gasteiger partial charge >= 0.3 is 6.03 Å². The molecule has 1 atom stereocenters. The fraction of sp³-hybridized carbons (Fsp3) is 0.552. The molecule has 0 bridgehead atoms. The number of benzene rings is 1. The summed E-state index contributed by atoms with van der Waals surface area (Å²) in [6, 6.07) is 10.2. The van der Waals surface area contributed by atoms with Gasteiger partial charge in [-0.05, 0) is 72.5 Å². The van der Waals surface area contributed by atoms with E-state index in [1.807, 2.05) is 34.2 Å². The summed E-state index contributed by atoms with van der Waals surface area (Å²) < 4.78 is 0. The van der Waals surface area contributed by atoms with Crippen molar-refractivity contribution < 1.29 is 9.59 Å². The van der Waals surface area contributed by atoms with Gasteiger partial charge in [0, 0.05) is 83.4 Å². The number of amides is 3. The van der Waals surface area contributed by atoms with E-state index in [1.54, 1.807) is 6.20 Å². The fourth-order valence-corrected chi connectivity index (χ4v) is 6.37. The number of nitrogens with zero attached hydrogens (tertiary/aromatic N) is 5. The van der Waals surface area contributed by atoms with Gasteiger partial charge in [-0.3, -0.25) is 14.7 Å². The van der Waals surface area contributed by atoms with Gasteiger partial charge in [-0.2, -0.15) is 0 Å². The Hall–Kier alpha value is -2.97. The predicted molar refractivity (Wildman–Crippen MR) is 142 cm³/mol. The third kappa shape index (κ3) is 5.22. The van der Waals surface area contributed by atoms with E-state index in [2.05, 4.69) is 39.3 Å². The molecule has 1 aliphatic carbocycles. The van der Waals surface area contributed by atoms with Gasteiger partial charge < -0.3 is 20.0 Å². The molecular weight excluding hydrogens is 464 g/mol. The topological polar surface area (TPSA) is 72.0 Å². The Balaban J connectivity index is 0.941. The van der Waals surface area contributed by atoms with Crippen molar-refractivity contribution in [2.45, 2.75) is 38.9 Å². The van der Waals surface area contributed by atoms with Gasteiger partial charge in [-0.25, -0.2) is 4.79 Å². The van der Waals surface area contributed by atoms with E-state index in [0.29, 0.717) is 24.4 Å². The molecule has 2 saturated heterocycles. The number of carbonyl (C=O) groups excluding carboxylic acids is 2. The van der Waals surface area contributed by atoms with Crippen LogP contribution in [-0.4, -0.2) is 89.4 Å². The monoisotopic (exact) mass is 502 g/mol. The Morgan fingerprint density at radius 1 is 0.946 bits per heavy atom. The first-order valence-corrected chi connectivity index (χ1v) is 13.7. The van der Waals surface area contributed by atoms with E-state index in [1.165, 1.54) is 11.1 Å². The standard InChI is InChI=1S/C29H38N6O2/c1-32-12-14-33(15-13-32)19-22-2-4-23(5-3-22)27(36)34-10-7-29(8-11-34)16-26(29)18-31-28(37)35-20-24-6-9-30-17-25(24)21-35/h2-6,9,17,26H,7-8,10-16,18-21H2,1H3,(H,31,37). The van der Waals surface area contributed by atoms with E-state index in [0.717, 1.165) is 82.7 Å². The lowest BCUT2D eigenvalue weighted by Gasteiger charge is -2.33. The van der Waals surface area contributed by atoms with E-state index in [9.17, 15) is 9.59 Å².